The second-order valence-electron chi connectivity index (χ2n) is 3.48. The van der Waals surface area contributed by atoms with Gasteiger partial charge in [-0.05, 0) is 31.2 Å². The SMILES string of the molecule is Cc1ccc(-c2ccc(C(F)(F)F)nc2)[nH]1. The van der Waals surface area contributed by atoms with Crippen molar-refractivity contribution in [2.24, 2.45) is 0 Å². The van der Waals surface area contributed by atoms with Crippen LogP contribution in [0.15, 0.2) is 30.5 Å². The van der Waals surface area contributed by atoms with Crippen LogP contribution in [0.1, 0.15) is 11.4 Å². The van der Waals surface area contributed by atoms with Crippen molar-refractivity contribution in [1.29, 1.82) is 0 Å². The number of rotatable bonds is 1. The molecule has 16 heavy (non-hydrogen) atoms. The van der Waals surface area contributed by atoms with Gasteiger partial charge in [0.2, 0.25) is 0 Å². The maximum atomic E-state index is 12.3. The van der Waals surface area contributed by atoms with Crippen LogP contribution in [0.5, 0.6) is 0 Å². The van der Waals surface area contributed by atoms with Crippen molar-refractivity contribution in [2.75, 3.05) is 0 Å². The quantitative estimate of drug-likeness (QED) is 0.793. The first kappa shape index (κ1) is 10.7. The van der Waals surface area contributed by atoms with Crippen molar-refractivity contribution in [2.45, 2.75) is 13.1 Å². The number of H-pyrrole nitrogens is 1. The molecule has 2 aromatic rings. The zero-order valence-corrected chi connectivity index (χ0v) is 8.47. The molecule has 2 rings (SSSR count). The first-order valence-corrected chi connectivity index (χ1v) is 4.66. The van der Waals surface area contributed by atoms with Crippen LogP contribution in [-0.2, 0) is 6.18 Å². The Kier molecular flexibility index (Phi) is 2.46. The molecule has 0 radical (unpaired) electrons. The van der Waals surface area contributed by atoms with Crippen LogP contribution in [0.4, 0.5) is 13.2 Å². The van der Waals surface area contributed by atoms with Crippen molar-refractivity contribution >= 4 is 0 Å². The summed E-state index contributed by atoms with van der Waals surface area (Å²) in [5, 5.41) is 0. The Labute approximate surface area is 90.1 Å². The van der Waals surface area contributed by atoms with Crippen LogP contribution in [0, 0.1) is 6.92 Å². The molecule has 2 nitrogen and oxygen atoms in total. The van der Waals surface area contributed by atoms with Crippen LogP contribution in [0.25, 0.3) is 11.3 Å². The molecule has 2 heterocycles. The van der Waals surface area contributed by atoms with Gasteiger partial charge >= 0.3 is 6.18 Å². The lowest BCUT2D eigenvalue weighted by atomic mass is 10.2. The minimum Gasteiger partial charge on any atom is -0.359 e. The van der Waals surface area contributed by atoms with Gasteiger partial charge in [-0.2, -0.15) is 13.2 Å². The van der Waals surface area contributed by atoms with E-state index in [1.807, 2.05) is 13.0 Å². The Morgan fingerprint density at radius 3 is 2.31 bits per heavy atom. The molecule has 0 aromatic carbocycles. The van der Waals surface area contributed by atoms with Crippen LogP contribution >= 0.6 is 0 Å². The van der Waals surface area contributed by atoms with E-state index in [4.69, 9.17) is 0 Å². The van der Waals surface area contributed by atoms with E-state index in [-0.39, 0.29) is 0 Å². The van der Waals surface area contributed by atoms with Gasteiger partial charge in [-0.1, -0.05) is 0 Å². The van der Waals surface area contributed by atoms with Crippen molar-refractivity contribution in [3.05, 3.63) is 41.9 Å². The molecule has 0 aliphatic carbocycles. The van der Waals surface area contributed by atoms with Crippen LogP contribution in [-0.4, -0.2) is 9.97 Å². The van der Waals surface area contributed by atoms with Crippen molar-refractivity contribution < 1.29 is 13.2 Å². The third-order valence-electron chi connectivity index (χ3n) is 2.20. The van der Waals surface area contributed by atoms with E-state index in [1.54, 1.807) is 6.07 Å². The lowest BCUT2D eigenvalue weighted by molar-refractivity contribution is -0.141. The van der Waals surface area contributed by atoms with Gasteiger partial charge in [-0.15, -0.1) is 0 Å². The number of nitrogens with zero attached hydrogens (tertiary/aromatic N) is 1. The summed E-state index contributed by atoms with van der Waals surface area (Å²) in [5.41, 5.74) is 1.48. The lowest BCUT2D eigenvalue weighted by Gasteiger charge is -2.05. The van der Waals surface area contributed by atoms with E-state index < -0.39 is 11.9 Å². The highest BCUT2D eigenvalue weighted by atomic mass is 19.4. The van der Waals surface area contributed by atoms with Gasteiger partial charge in [0.15, 0.2) is 0 Å². The highest BCUT2D eigenvalue weighted by molar-refractivity contribution is 5.58. The maximum absolute atomic E-state index is 12.3. The number of pyridine rings is 1. The number of aromatic amines is 1. The molecular weight excluding hydrogens is 217 g/mol. The second kappa shape index (κ2) is 3.66. The van der Waals surface area contributed by atoms with Gasteiger partial charge in [0.1, 0.15) is 5.69 Å². The van der Waals surface area contributed by atoms with Gasteiger partial charge in [0.05, 0.1) is 0 Å². The highest BCUT2D eigenvalue weighted by Crippen LogP contribution is 2.28. The summed E-state index contributed by atoms with van der Waals surface area (Å²) in [7, 11) is 0. The normalized spacial score (nSPS) is 11.8. The topological polar surface area (TPSA) is 28.7 Å². The largest absolute Gasteiger partial charge is 0.433 e. The number of aromatic nitrogens is 2. The van der Waals surface area contributed by atoms with Crippen molar-refractivity contribution in [3.8, 4) is 11.3 Å². The number of nitrogens with one attached hydrogen (secondary N) is 1. The number of halogens is 3. The average Bonchev–Trinajstić information content (AvgIpc) is 2.64. The lowest BCUT2D eigenvalue weighted by Crippen LogP contribution is -2.07. The zero-order chi connectivity index (χ0) is 11.8. The molecule has 0 aliphatic heterocycles. The first-order chi connectivity index (χ1) is 7.47. The molecular formula is C11H9F3N2. The van der Waals surface area contributed by atoms with Gasteiger partial charge < -0.3 is 4.98 Å². The molecule has 0 unspecified atom stereocenters. The number of hydrogen-bond donors (Lipinski definition) is 1. The first-order valence-electron chi connectivity index (χ1n) is 4.66. The van der Waals surface area contributed by atoms with Gasteiger partial charge in [-0.25, -0.2) is 0 Å². The average molecular weight is 226 g/mol. The Bertz CT molecular complexity index is 483. The molecule has 5 heteroatoms. The third-order valence-corrected chi connectivity index (χ3v) is 2.20. The van der Waals surface area contributed by atoms with E-state index >= 15 is 0 Å². The Balaban J connectivity index is 2.33. The van der Waals surface area contributed by atoms with Crippen LogP contribution in [0.2, 0.25) is 0 Å². The molecule has 84 valence electrons. The van der Waals surface area contributed by atoms with Crippen molar-refractivity contribution in [3.63, 3.8) is 0 Å². The van der Waals surface area contributed by atoms with E-state index in [0.717, 1.165) is 17.5 Å². The fourth-order valence-electron chi connectivity index (χ4n) is 1.39. The van der Waals surface area contributed by atoms with Crippen LogP contribution < -0.4 is 0 Å². The highest BCUT2D eigenvalue weighted by Gasteiger charge is 2.32. The van der Waals surface area contributed by atoms with Gasteiger partial charge in [-0.3, -0.25) is 4.98 Å². The zero-order valence-electron chi connectivity index (χ0n) is 8.47. The molecule has 0 saturated carbocycles. The van der Waals surface area contributed by atoms with E-state index in [2.05, 4.69) is 9.97 Å². The molecule has 1 N–H and O–H groups in total. The minimum absolute atomic E-state index is 0.640. The molecule has 0 spiro atoms. The second-order valence-corrected chi connectivity index (χ2v) is 3.48. The molecule has 0 saturated heterocycles. The van der Waals surface area contributed by atoms with Gasteiger partial charge in [0, 0.05) is 23.1 Å². The molecule has 0 bridgehead atoms. The summed E-state index contributed by atoms with van der Waals surface area (Å²) in [6.07, 6.45) is -3.17. The predicted octanol–water partition coefficient (Wildman–Crippen LogP) is 3.40. The number of aryl methyl sites for hydroxylation is 1. The van der Waals surface area contributed by atoms with E-state index in [9.17, 15) is 13.2 Å². The Morgan fingerprint density at radius 1 is 1.12 bits per heavy atom. The summed E-state index contributed by atoms with van der Waals surface area (Å²) in [4.78, 5) is 6.42. The van der Waals surface area contributed by atoms with E-state index in [0.29, 0.717) is 5.56 Å². The summed E-state index contributed by atoms with van der Waals surface area (Å²) in [5.74, 6) is 0. The Morgan fingerprint density at radius 2 is 1.88 bits per heavy atom. The predicted molar refractivity (Wildman–Crippen MR) is 53.8 cm³/mol. The van der Waals surface area contributed by atoms with Crippen molar-refractivity contribution in [1.82, 2.24) is 9.97 Å². The number of alkyl halides is 3. The van der Waals surface area contributed by atoms with Gasteiger partial charge in [0.25, 0.3) is 0 Å². The molecule has 0 amide bonds. The molecule has 0 aliphatic rings. The summed E-state index contributed by atoms with van der Waals surface area (Å²) in [6, 6.07) is 6.04. The smallest absolute Gasteiger partial charge is 0.359 e. The Hall–Kier alpha value is -1.78. The fourth-order valence-corrected chi connectivity index (χ4v) is 1.39. The molecule has 2 aromatic heterocycles. The fraction of sp³-hybridized carbons (Fsp3) is 0.182. The summed E-state index contributed by atoms with van der Waals surface area (Å²) in [6.45, 7) is 1.88. The number of hydrogen-bond acceptors (Lipinski definition) is 1. The van der Waals surface area contributed by atoms with E-state index in [1.165, 1.54) is 12.3 Å². The molecule has 0 atom stereocenters. The molecule has 0 fully saturated rings. The maximum Gasteiger partial charge on any atom is 0.433 e. The minimum atomic E-state index is -4.38. The summed E-state index contributed by atoms with van der Waals surface area (Å²) < 4.78 is 36.8. The third kappa shape index (κ3) is 2.08. The summed E-state index contributed by atoms with van der Waals surface area (Å²) >= 11 is 0. The standard InChI is InChI=1S/C11H9F3N2/c1-7-2-4-9(16-7)8-3-5-10(15-6-8)11(12,13)14/h2-6,16H,1H3. The van der Waals surface area contributed by atoms with Crippen LogP contribution in [0.3, 0.4) is 0 Å². The monoisotopic (exact) mass is 226 g/mol.